The van der Waals surface area contributed by atoms with Crippen molar-refractivity contribution in [2.24, 2.45) is 0 Å². The average Bonchev–Trinajstić information content (AvgIpc) is 3.06. The number of amides is 1. The van der Waals surface area contributed by atoms with Gasteiger partial charge in [0.25, 0.3) is 0 Å². The van der Waals surface area contributed by atoms with Gasteiger partial charge in [-0.15, -0.1) is 21.5 Å². The number of nitrogens with zero attached hydrogens (tertiary/aromatic N) is 3. The summed E-state index contributed by atoms with van der Waals surface area (Å²) in [5, 5.41) is 14.2. The van der Waals surface area contributed by atoms with Gasteiger partial charge in [-0.2, -0.15) is 0 Å². The standard InChI is InChI=1S/C18H20N4O2S2/c1-12(17(23)19-10-15-5-3-9-25-15)26-18-21-20-16(13-6-7-13)22(18)11-14-4-2-8-24-14/h2-5,8-9,12-13H,6-7,10-11H2,1H3,(H,19,23). The van der Waals surface area contributed by atoms with E-state index in [1.165, 1.54) is 11.8 Å². The summed E-state index contributed by atoms with van der Waals surface area (Å²) in [7, 11) is 0. The van der Waals surface area contributed by atoms with Gasteiger partial charge in [-0.3, -0.25) is 9.36 Å². The normalized spacial score (nSPS) is 15.1. The van der Waals surface area contributed by atoms with Crippen molar-refractivity contribution in [3.05, 3.63) is 52.4 Å². The van der Waals surface area contributed by atoms with Gasteiger partial charge in [-0.25, -0.2) is 0 Å². The summed E-state index contributed by atoms with van der Waals surface area (Å²) >= 11 is 3.08. The Morgan fingerprint density at radius 3 is 3.00 bits per heavy atom. The lowest BCUT2D eigenvalue weighted by molar-refractivity contribution is -0.120. The Morgan fingerprint density at radius 1 is 1.42 bits per heavy atom. The van der Waals surface area contributed by atoms with Gasteiger partial charge in [0.05, 0.1) is 24.6 Å². The lowest BCUT2D eigenvalue weighted by Gasteiger charge is -2.13. The molecule has 6 nitrogen and oxygen atoms in total. The second kappa shape index (κ2) is 7.67. The molecular weight excluding hydrogens is 368 g/mol. The van der Waals surface area contributed by atoms with E-state index in [2.05, 4.69) is 20.1 Å². The van der Waals surface area contributed by atoms with Crippen molar-refractivity contribution in [3.8, 4) is 0 Å². The van der Waals surface area contributed by atoms with Crippen LogP contribution in [0.1, 0.15) is 42.1 Å². The Morgan fingerprint density at radius 2 is 2.31 bits per heavy atom. The Hall–Kier alpha value is -2.06. The highest BCUT2D eigenvalue weighted by molar-refractivity contribution is 8.00. The molecular formula is C18H20N4O2S2. The zero-order valence-corrected chi connectivity index (χ0v) is 16.1. The Kier molecular flexibility index (Phi) is 5.12. The fourth-order valence-electron chi connectivity index (χ4n) is 2.68. The monoisotopic (exact) mass is 388 g/mol. The number of furan rings is 1. The molecule has 1 atom stereocenters. The molecule has 3 aromatic heterocycles. The van der Waals surface area contributed by atoms with Gasteiger partial charge in [-0.1, -0.05) is 17.8 Å². The summed E-state index contributed by atoms with van der Waals surface area (Å²) in [6.45, 7) is 3.06. The number of nitrogens with one attached hydrogen (secondary N) is 1. The minimum Gasteiger partial charge on any atom is -0.467 e. The van der Waals surface area contributed by atoms with Crippen molar-refractivity contribution in [1.82, 2.24) is 20.1 Å². The number of hydrogen-bond donors (Lipinski definition) is 1. The first kappa shape index (κ1) is 17.4. The van der Waals surface area contributed by atoms with E-state index >= 15 is 0 Å². The van der Waals surface area contributed by atoms with E-state index in [4.69, 9.17) is 4.42 Å². The van der Waals surface area contributed by atoms with E-state index in [0.29, 0.717) is 19.0 Å². The third kappa shape index (κ3) is 4.02. The fraction of sp³-hybridized carbons (Fsp3) is 0.389. The Bertz CT molecular complexity index is 854. The van der Waals surface area contributed by atoms with Gasteiger partial charge < -0.3 is 9.73 Å². The molecule has 8 heteroatoms. The minimum atomic E-state index is -0.249. The van der Waals surface area contributed by atoms with Gasteiger partial charge in [-0.05, 0) is 43.3 Å². The molecule has 1 aliphatic rings. The van der Waals surface area contributed by atoms with Gasteiger partial charge in [0.2, 0.25) is 5.91 Å². The van der Waals surface area contributed by atoms with Crippen LogP contribution in [0.4, 0.5) is 0 Å². The maximum Gasteiger partial charge on any atom is 0.233 e. The number of hydrogen-bond acceptors (Lipinski definition) is 6. The van der Waals surface area contributed by atoms with Gasteiger partial charge >= 0.3 is 0 Å². The second-order valence-corrected chi connectivity index (χ2v) is 8.68. The van der Waals surface area contributed by atoms with E-state index in [-0.39, 0.29) is 11.2 Å². The number of carbonyl (C=O) groups is 1. The number of thioether (sulfide) groups is 1. The molecule has 0 aromatic carbocycles. The van der Waals surface area contributed by atoms with Crippen LogP contribution in [-0.4, -0.2) is 25.9 Å². The molecule has 1 saturated carbocycles. The number of thiophene rings is 1. The molecule has 0 radical (unpaired) electrons. The van der Waals surface area contributed by atoms with Crippen LogP contribution in [-0.2, 0) is 17.9 Å². The lowest BCUT2D eigenvalue weighted by atomic mass is 10.3. The SMILES string of the molecule is CC(Sc1nnc(C2CC2)n1Cc1ccco1)C(=O)NCc1cccs1. The highest BCUT2D eigenvalue weighted by Crippen LogP contribution is 2.40. The quantitative estimate of drug-likeness (QED) is 0.596. The third-order valence-electron chi connectivity index (χ3n) is 4.25. The zero-order valence-electron chi connectivity index (χ0n) is 14.4. The Labute approximate surface area is 160 Å². The third-order valence-corrected chi connectivity index (χ3v) is 6.21. The average molecular weight is 389 g/mol. The van der Waals surface area contributed by atoms with Crippen LogP contribution >= 0.6 is 23.1 Å². The summed E-state index contributed by atoms with van der Waals surface area (Å²) in [6.07, 6.45) is 3.97. The van der Waals surface area contributed by atoms with E-state index in [0.717, 1.165) is 34.5 Å². The molecule has 0 aliphatic heterocycles. The largest absolute Gasteiger partial charge is 0.467 e. The summed E-state index contributed by atoms with van der Waals surface area (Å²) in [5.41, 5.74) is 0. The van der Waals surface area contributed by atoms with Crippen LogP contribution in [0.15, 0.2) is 45.5 Å². The molecule has 1 unspecified atom stereocenters. The first-order chi connectivity index (χ1) is 12.7. The molecule has 4 rings (SSSR count). The molecule has 136 valence electrons. The van der Waals surface area contributed by atoms with E-state index in [1.54, 1.807) is 17.6 Å². The highest BCUT2D eigenvalue weighted by Gasteiger charge is 2.31. The highest BCUT2D eigenvalue weighted by atomic mass is 32.2. The molecule has 1 fully saturated rings. The van der Waals surface area contributed by atoms with Crippen molar-refractivity contribution in [2.75, 3.05) is 0 Å². The molecule has 1 amide bonds. The van der Waals surface area contributed by atoms with Crippen LogP contribution < -0.4 is 5.32 Å². The molecule has 26 heavy (non-hydrogen) atoms. The van der Waals surface area contributed by atoms with Crippen molar-refractivity contribution >= 4 is 29.0 Å². The van der Waals surface area contributed by atoms with E-state index in [1.807, 2.05) is 36.6 Å². The lowest BCUT2D eigenvalue weighted by Crippen LogP contribution is -2.30. The van der Waals surface area contributed by atoms with E-state index < -0.39 is 0 Å². The second-order valence-electron chi connectivity index (χ2n) is 6.34. The number of aromatic nitrogens is 3. The molecule has 0 spiro atoms. The molecule has 3 heterocycles. The van der Waals surface area contributed by atoms with Gasteiger partial charge in [0.1, 0.15) is 11.6 Å². The molecule has 0 bridgehead atoms. The van der Waals surface area contributed by atoms with Crippen molar-refractivity contribution in [3.63, 3.8) is 0 Å². The first-order valence-corrected chi connectivity index (χ1v) is 10.4. The predicted octanol–water partition coefficient (Wildman–Crippen LogP) is 3.66. The molecule has 0 saturated heterocycles. The topological polar surface area (TPSA) is 73.0 Å². The molecule has 1 aliphatic carbocycles. The summed E-state index contributed by atoms with van der Waals surface area (Å²) < 4.78 is 7.57. The Balaban J connectivity index is 1.44. The fourth-order valence-corrected chi connectivity index (χ4v) is 4.20. The number of carbonyl (C=O) groups excluding carboxylic acids is 1. The summed E-state index contributed by atoms with van der Waals surface area (Å²) in [5.74, 6) is 2.34. The minimum absolute atomic E-state index is 0.00363. The van der Waals surface area contributed by atoms with Crippen LogP contribution in [0.25, 0.3) is 0 Å². The van der Waals surface area contributed by atoms with Crippen LogP contribution in [0.2, 0.25) is 0 Å². The summed E-state index contributed by atoms with van der Waals surface area (Å²) in [4.78, 5) is 13.6. The van der Waals surface area contributed by atoms with Gasteiger partial charge in [0.15, 0.2) is 5.16 Å². The van der Waals surface area contributed by atoms with Crippen molar-refractivity contribution < 1.29 is 9.21 Å². The maximum absolute atomic E-state index is 12.4. The van der Waals surface area contributed by atoms with Crippen molar-refractivity contribution in [1.29, 1.82) is 0 Å². The van der Waals surface area contributed by atoms with Crippen LogP contribution in [0, 0.1) is 0 Å². The van der Waals surface area contributed by atoms with Crippen LogP contribution in [0.5, 0.6) is 0 Å². The molecule has 1 N–H and O–H groups in total. The molecule has 3 aromatic rings. The smallest absolute Gasteiger partial charge is 0.233 e. The number of rotatable bonds is 8. The maximum atomic E-state index is 12.4. The zero-order chi connectivity index (χ0) is 17.9. The first-order valence-electron chi connectivity index (χ1n) is 8.63. The summed E-state index contributed by atoms with van der Waals surface area (Å²) in [6, 6.07) is 7.83. The van der Waals surface area contributed by atoms with Gasteiger partial charge in [0, 0.05) is 10.8 Å². The van der Waals surface area contributed by atoms with Crippen LogP contribution in [0.3, 0.4) is 0 Å². The van der Waals surface area contributed by atoms with E-state index in [9.17, 15) is 4.79 Å². The van der Waals surface area contributed by atoms with Crippen molar-refractivity contribution in [2.45, 2.75) is 49.2 Å². The predicted molar refractivity (Wildman–Crippen MR) is 101 cm³/mol.